The fraction of sp³-hybridized carbons (Fsp3) is 0.333. The summed E-state index contributed by atoms with van der Waals surface area (Å²) in [4.78, 5) is 57.2. The van der Waals surface area contributed by atoms with Crippen LogP contribution in [0.5, 0.6) is 0 Å². The molecule has 0 spiro atoms. The fourth-order valence-corrected chi connectivity index (χ4v) is 5.38. The molecule has 0 aromatic heterocycles. The van der Waals surface area contributed by atoms with Gasteiger partial charge in [0.1, 0.15) is 0 Å². The molecule has 5 rings (SSSR count). The number of rotatable bonds is 6. The highest BCUT2D eigenvalue weighted by Crippen LogP contribution is 2.23. The average Bonchev–Trinajstić information content (AvgIpc) is 3.03. The van der Waals surface area contributed by atoms with Crippen molar-refractivity contribution >= 4 is 46.4 Å². The maximum atomic E-state index is 13.1. The minimum Gasteiger partial charge on any atom is -0.368 e. The maximum Gasteiger partial charge on any atom is 0.321 e. The Balaban J connectivity index is 1.11. The molecule has 224 valence electrons. The van der Waals surface area contributed by atoms with Crippen molar-refractivity contribution in [3.05, 3.63) is 83.4 Å². The first-order valence-electron chi connectivity index (χ1n) is 14.6. The zero-order valence-electron chi connectivity index (χ0n) is 24.9. The molecule has 10 heteroatoms. The molecule has 10 nitrogen and oxygen atoms in total. The number of benzene rings is 3. The molecule has 0 bridgehead atoms. The molecule has 2 heterocycles. The number of aryl methyl sites for hydroxylation is 1. The van der Waals surface area contributed by atoms with E-state index in [-0.39, 0.29) is 23.6 Å². The summed E-state index contributed by atoms with van der Waals surface area (Å²) in [5.74, 6) is 0.0836. The van der Waals surface area contributed by atoms with E-state index in [0.29, 0.717) is 74.9 Å². The Hall–Kier alpha value is -4.86. The van der Waals surface area contributed by atoms with Crippen LogP contribution in [0.1, 0.15) is 40.1 Å². The summed E-state index contributed by atoms with van der Waals surface area (Å²) in [6, 6.07) is 20.3. The van der Waals surface area contributed by atoms with E-state index in [9.17, 15) is 19.2 Å². The Labute approximate surface area is 252 Å². The Morgan fingerprint density at radius 2 is 0.977 bits per heavy atom. The van der Waals surface area contributed by atoms with Gasteiger partial charge in [0.2, 0.25) is 0 Å². The Morgan fingerprint density at radius 3 is 1.40 bits per heavy atom. The number of hydrogen-bond donors (Lipinski definition) is 2. The van der Waals surface area contributed by atoms with E-state index in [1.807, 2.05) is 67.6 Å². The van der Waals surface area contributed by atoms with Crippen LogP contribution in [-0.2, 0) is 0 Å². The summed E-state index contributed by atoms with van der Waals surface area (Å²) < 4.78 is 0. The van der Waals surface area contributed by atoms with Crippen LogP contribution in [0.4, 0.5) is 32.3 Å². The molecule has 3 aromatic rings. The molecule has 2 aliphatic heterocycles. The third-order valence-electron chi connectivity index (χ3n) is 8.14. The highest BCUT2D eigenvalue weighted by Gasteiger charge is 2.24. The minimum absolute atomic E-state index is 0.0418. The van der Waals surface area contributed by atoms with Crippen LogP contribution in [0.15, 0.2) is 66.7 Å². The number of anilines is 4. The highest BCUT2D eigenvalue weighted by atomic mass is 16.2. The molecule has 0 atom stereocenters. The number of Topliss-reactive ketones (excluding diaryl/α,β-unsaturated/α-hetero) is 2. The first-order chi connectivity index (χ1) is 20.7. The second-order valence-corrected chi connectivity index (χ2v) is 11.0. The zero-order chi connectivity index (χ0) is 30.5. The Morgan fingerprint density at radius 1 is 0.558 bits per heavy atom. The van der Waals surface area contributed by atoms with E-state index >= 15 is 0 Å². The quantitative estimate of drug-likeness (QED) is 0.392. The van der Waals surface area contributed by atoms with Crippen molar-refractivity contribution in [3.8, 4) is 0 Å². The van der Waals surface area contributed by atoms with Gasteiger partial charge in [0, 0.05) is 86.2 Å². The van der Waals surface area contributed by atoms with Crippen LogP contribution in [0.2, 0.25) is 0 Å². The van der Waals surface area contributed by atoms with Crippen molar-refractivity contribution in [2.24, 2.45) is 0 Å². The molecule has 2 aliphatic rings. The minimum atomic E-state index is -0.180. The number of hydrogen-bond acceptors (Lipinski definition) is 6. The Bertz CT molecular complexity index is 1490. The van der Waals surface area contributed by atoms with Gasteiger partial charge in [0.05, 0.1) is 0 Å². The number of nitrogens with one attached hydrogen (secondary N) is 2. The summed E-state index contributed by atoms with van der Waals surface area (Å²) >= 11 is 0. The van der Waals surface area contributed by atoms with E-state index in [2.05, 4.69) is 20.4 Å². The molecule has 2 N–H and O–H groups in total. The van der Waals surface area contributed by atoms with Gasteiger partial charge in [0.15, 0.2) is 11.6 Å². The summed E-state index contributed by atoms with van der Waals surface area (Å²) in [6.45, 7) is 10.1. The van der Waals surface area contributed by atoms with Gasteiger partial charge in [-0.05, 0) is 87.0 Å². The van der Waals surface area contributed by atoms with E-state index < -0.39 is 0 Å². The summed E-state index contributed by atoms with van der Waals surface area (Å²) in [5.41, 5.74) is 5.62. The van der Waals surface area contributed by atoms with Gasteiger partial charge in [-0.2, -0.15) is 0 Å². The van der Waals surface area contributed by atoms with Crippen molar-refractivity contribution in [2.45, 2.75) is 20.8 Å². The van der Waals surface area contributed by atoms with E-state index in [1.54, 1.807) is 29.7 Å². The molecule has 2 saturated heterocycles. The topological polar surface area (TPSA) is 105 Å². The predicted molar refractivity (Wildman–Crippen MR) is 170 cm³/mol. The highest BCUT2D eigenvalue weighted by molar-refractivity contribution is 5.95. The first-order valence-corrected chi connectivity index (χ1v) is 14.6. The molecule has 0 radical (unpaired) electrons. The number of urea groups is 2. The second-order valence-electron chi connectivity index (χ2n) is 11.0. The van der Waals surface area contributed by atoms with E-state index in [4.69, 9.17) is 0 Å². The number of carbonyl (C=O) groups excluding carboxylic acids is 4. The van der Waals surface area contributed by atoms with E-state index in [1.165, 1.54) is 0 Å². The smallest absolute Gasteiger partial charge is 0.321 e. The standard InChI is InChI=1S/C33H38N6O4/c1-23-4-9-28(34-32(42)38-18-14-36(15-19-38)29-10-5-26(6-11-29)24(2)40)22-31(23)35-33(43)39-20-16-37(17-21-39)30-12-7-27(8-13-30)25(3)41/h4-13,22H,14-21H2,1-3H3,(H,34,42)(H,35,43). The molecule has 0 aliphatic carbocycles. The molecule has 3 aromatic carbocycles. The average molecular weight is 583 g/mol. The second kappa shape index (κ2) is 13.0. The molecule has 43 heavy (non-hydrogen) atoms. The van der Waals surface area contributed by atoms with Crippen LogP contribution in [0.25, 0.3) is 0 Å². The normalized spacial score (nSPS) is 15.2. The Kier molecular flexibility index (Phi) is 8.94. The lowest BCUT2D eigenvalue weighted by molar-refractivity contribution is 0.100. The van der Waals surface area contributed by atoms with Gasteiger partial charge in [-0.25, -0.2) is 9.59 Å². The molecular formula is C33H38N6O4. The number of amides is 4. The number of ketones is 2. The molecular weight excluding hydrogens is 544 g/mol. The summed E-state index contributed by atoms with van der Waals surface area (Å²) in [6.07, 6.45) is 0. The molecule has 4 amide bonds. The van der Waals surface area contributed by atoms with Gasteiger partial charge >= 0.3 is 12.1 Å². The zero-order valence-corrected chi connectivity index (χ0v) is 24.9. The number of piperazine rings is 2. The molecule has 0 unspecified atom stereocenters. The SMILES string of the molecule is CC(=O)c1ccc(N2CCN(C(=O)Nc3ccc(C)c(NC(=O)N4CCN(c5ccc(C(C)=O)cc5)CC4)c3)CC2)cc1. The van der Waals surface area contributed by atoms with Crippen LogP contribution in [-0.4, -0.2) is 85.8 Å². The number of nitrogens with zero attached hydrogens (tertiary/aromatic N) is 4. The monoisotopic (exact) mass is 582 g/mol. The van der Waals surface area contributed by atoms with Crippen LogP contribution < -0.4 is 20.4 Å². The van der Waals surface area contributed by atoms with Gasteiger partial charge < -0.3 is 30.2 Å². The van der Waals surface area contributed by atoms with Crippen LogP contribution in [0.3, 0.4) is 0 Å². The third kappa shape index (κ3) is 7.14. The molecule has 0 saturated carbocycles. The number of carbonyl (C=O) groups is 4. The van der Waals surface area contributed by atoms with Gasteiger partial charge in [-0.3, -0.25) is 9.59 Å². The van der Waals surface area contributed by atoms with Crippen molar-refractivity contribution in [2.75, 3.05) is 72.8 Å². The van der Waals surface area contributed by atoms with E-state index in [0.717, 1.165) is 16.9 Å². The third-order valence-corrected chi connectivity index (χ3v) is 8.14. The predicted octanol–water partition coefficient (Wildman–Crippen LogP) is 5.11. The molecule has 2 fully saturated rings. The largest absolute Gasteiger partial charge is 0.368 e. The van der Waals surface area contributed by atoms with Crippen molar-refractivity contribution in [1.82, 2.24) is 9.80 Å². The van der Waals surface area contributed by atoms with Crippen LogP contribution in [0, 0.1) is 6.92 Å². The van der Waals surface area contributed by atoms with Gasteiger partial charge in [-0.1, -0.05) is 6.07 Å². The fourth-order valence-electron chi connectivity index (χ4n) is 5.38. The van der Waals surface area contributed by atoms with Crippen LogP contribution >= 0.6 is 0 Å². The van der Waals surface area contributed by atoms with Gasteiger partial charge in [-0.15, -0.1) is 0 Å². The van der Waals surface area contributed by atoms with Crippen molar-refractivity contribution in [1.29, 1.82) is 0 Å². The maximum absolute atomic E-state index is 13.1. The van der Waals surface area contributed by atoms with Crippen molar-refractivity contribution in [3.63, 3.8) is 0 Å². The lowest BCUT2D eigenvalue weighted by Crippen LogP contribution is -2.50. The summed E-state index contributed by atoms with van der Waals surface area (Å²) in [5, 5.41) is 6.00. The van der Waals surface area contributed by atoms with Crippen molar-refractivity contribution < 1.29 is 19.2 Å². The van der Waals surface area contributed by atoms with Gasteiger partial charge in [0.25, 0.3) is 0 Å². The lowest BCUT2D eigenvalue weighted by atomic mass is 10.1. The lowest BCUT2D eigenvalue weighted by Gasteiger charge is -2.36. The summed E-state index contributed by atoms with van der Waals surface area (Å²) in [7, 11) is 0. The first kappa shape index (κ1) is 29.6.